The van der Waals surface area contributed by atoms with Gasteiger partial charge in [-0.2, -0.15) is 11.8 Å². The van der Waals surface area contributed by atoms with Crippen LogP contribution in [0.5, 0.6) is 0 Å². The molecule has 1 aliphatic rings. The van der Waals surface area contributed by atoms with Crippen molar-refractivity contribution in [1.29, 1.82) is 0 Å². The van der Waals surface area contributed by atoms with E-state index in [0.29, 0.717) is 5.02 Å². The summed E-state index contributed by atoms with van der Waals surface area (Å²) in [4.78, 5) is 14.1. The smallest absolute Gasteiger partial charge is 0.255 e. The molecule has 0 unspecified atom stereocenters. The van der Waals surface area contributed by atoms with Crippen molar-refractivity contribution in [3.8, 4) is 0 Å². The maximum atomic E-state index is 12.2. The number of carbonyl (C=O) groups is 1. The Morgan fingerprint density at radius 3 is 2.75 bits per heavy atom. The molecule has 1 aliphatic heterocycles. The van der Waals surface area contributed by atoms with Crippen molar-refractivity contribution in [2.75, 3.05) is 24.6 Å². The first-order valence-electron chi connectivity index (χ1n) is 5.00. The molecule has 5 heteroatoms. The number of benzene rings is 1. The molecule has 1 aromatic carbocycles. The number of carbonyl (C=O) groups excluding carboxylic acids is 1. The Morgan fingerprint density at radius 1 is 1.38 bits per heavy atom. The average molecular weight is 368 g/mol. The van der Waals surface area contributed by atoms with Crippen molar-refractivity contribution >= 4 is 51.9 Å². The standard InChI is InChI=1S/C11H11ClINOS/c12-8-1-2-10(13)9(7-8)11(15)14-3-5-16-6-4-14/h1-2,7H,3-6H2. The van der Waals surface area contributed by atoms with Gasteiger partial charge in [0.2, 0.25) is 0 Å². The highest BCUT2D eigenvalue weighted by Crippen LogP contribution is 2.21. The van der Waals surface area contributed by atoms with Gasteiger partial charge >= 0.3 is 0 Å². The van der Waals surface area contributed by atoms with E-state index in [2.05, 4.69) is 22.6 Å². The molecule has 0 spiro atoms. The van der Waals surface area contributed by atoms with Gasteiger partial charge in [-0.25, -0.2) is 0 Å². The predicted molar refractivity (Wildman–Crippen MR) is 77.4 cm³/mol. The van der Waals surface area contributed by atoms with E-state index >= 15 is 0 Å². The summed E-state index contributed by atoms with van der Waals surface area (Å²) in [6.45, 7) is 1.68. The Labute approximate surface area is 118 Å². The van der Waals surface area contributed by atoms with Crippen LogP contribution in [0.25, 0.3) is 0 Å². The lowest BCUT2D eigenvalue weighted by Gasteiger charge is -2.26. The van der Waals surface area contributed by atoms with E-state index < -0.39 is 0 Å². The van der Waals surface area contributed by atoms with Crippen molar-refractivity contribution in [2.45, 2.75) is 0 Å². The van der Waals surface area contributed by atoms with Crippen molar-refractivity contribution in [3.63, 3.8) is 0 Å². The molecule has 1 saturated heterocycles. The quantitative estimate of drug-likeness (QED) is 0.711. The number of halogens is 2. The van der Waals surface area contributed by atoms with Crippen molar-refractivity contribution in [2.24, 2.45) is 0 Å². The second kappa shape index (κ2) is 5.60. The topological polar surface area (TPSA) is 20.3 Å². The maximum absolute atomic E-state index is 12.2. The molecule has 0 N–H and O–H groups in total. The second-order valence-corrected chi connectivity index (χ2v) is 6.35. The van der Waals surface area contributed by atoms with Crippen LogP contribution in [-0.4, -0.2) is 35.4 Å². The lowest BCUT2D eigenvalue weighted by atomic mass is 10.2. The minimum absolute atomic E-state index is 0.104. The van der Waals surface area contributed by atoms with Crippen LogP contribution in [0.2, 0.25) is 5.02 Å². The highest BCUT2D eigenvalue weighted by atomic mass is 127. The molecule has 86 valence electrons. The molecule has 1 fully saturated rings. The molecule has 1 amide bonds. The van der Waals surface area contributed by atoms with Crippen LogP contribution < -0.4 is 0 Å². The molecular weight excluding hydrogens is 357 g/mol. The Morgan fingerprint density at radius 2 is 2.06 bits per heavy atom. The number of hydrogen-bond acceptors (Lipinski definition) is 2. The summed E-state index contributed by atoms with van der Waals surface area (Å²) in [6.07, 6.45) is 0. The third-order valence-electron chi connectivity index (χ3n) is 2.46. The molecule has 0 aromatic heterocycles. The molecule has 0 saturated carbocycles. The highest BCUT2D eigenvalue weighted by Gasteiger charge is 2.20. The van der Waals surface area contributed by atoms with Gasteiger partial charge in [-0.1, -0.05) is 11.6 Å². The van der Waals surface area contributed by atoms with Gasteiger partial charge in [0.15, 0.2) is 0 Å². The fourth-order valence-electron chi connectivity index (χ4n) is 1.60. The minimum Gasteiger partial charge on any atom is -0.337 e. The van der Waals surface area contributed by atoms with Crippen LogP contribution in [0.3, 0.4) is 0 Å². The molecule has 2 nitrogen and oxygen atoms in total. The predicted octanol–water partition coefficient (Wildman–Crippen LogP) is 3.13. The van der Waals surface area contributed by atoms with Gasteiger partial charge in [-0.3, -0.25) is 4.79 Å². The van der Waals surface area contributed by atoms with Crippen molar-refractivity contribution in [3.05, 3.63) is 32.4 Å². The zero-order chi connectivity index (χ0) is 11.5. The van der Waals surface area contributed by atoms with E-state index in [1.54, 1.807) is 6.07 Å². The van der Waals surface area contributed by atoms with Crippen LogP contribution in [0.1, 0.15) is 10.4 Å². The SMILES string of the molecule is O=C(c1cc(Cl)ccc1I)N1CCSCC1. The number of amides is 1. The summed E-state index contributed by atoms with van der Waals surface area (Å²) in [5.74, 6) is 2.17. The van der Waals surface area contributed by atoms with Crippen LogP contribution in [0.4, 0.5) is 0 Å². The second-order valence-electron chi connectivity index (χ2n) is 3.53. The zero-order valence-corrected chi connectivity index (χ0v) is 12.3. The van der Waals surface area contributed by atoms with Gasteiger partial charge in [0.05, 0.1) is 5.56 Å². The van der Waals surface area contributed by atoms with Crippen molar-refractivity contribution < 1.29 is 4.79 Å². The summed E-state index contributed by atoms with van der Waals surface area (Å²) in [7, 11) is 0. The van der Waals surface area contributed by atoms with E-state index in [9.17, 15) is 4.79 Å². The van der Waals surface area contributed by atoms with Crippen LogP contribution in [0.15, 0.2) is 18.2 Å². The molecule has 1 heterocycles. The normalized spacial score (nSPS) is 16.2. The first-order valence-corrected chi connectivity index (χ1v) is 7.61. The molecule has 0 radical (unpaired) electrons. The van der Waals surface area contributed by atoms with Gasteiger partial charge in [0.25, 0.3) is 5.91 Å². The Kier molecular flexibility index (Phi) is 4.38. The van der Waals surface area contributed by atoms with E-state index in [-0.39, 0.29) is 5.91 Å². The van der Waals surface area contributed by atoms with E-state index in [4.69, 9.17) is 11.6 Å². The molecule has 2 rings (SSSR count). The molecule has 0 atom stereocenters. The lowest BCUT2D eigenvalue weighted by Crippen LogP contribution is -2.38. The summed E-state index contributed by atoms with van der Waals surface area (Å²) in [5, 5.41) is 0.621. The Balaban J connectivity index is 2.22. The van der Waals surface area contributed by atoms with Gasteiger partial charge in [-0.15, -0.1) is 0 Å². The van der Waals surface area contributed by atoms with E-state index in [1.165, 1.54) is 0 Å². The largest absolute Gasteiger partial charge is 0.337 e. The van der Waals surface area contributed by atoms with Crippen LogP contribution in [-0.2, 0) is 0 Å². The molecule has 1 aromatic rings. The fraction of sp³-hybridized carbons (Fsp3) is 0.364. The number of thioether (sulfide) groups is 1. The van der Waals surface area contributed by atoms with E-state index in [1.807, 2.05) is 28.8 Å². The Bertz CT molecular complexity index is 407. The maximum Gasteiger partial charge on any atom is 0.255 e. The molecule has 16 heavy (non-hydrogen) atoms. The molecule has 0 bridgehead atoms. The average Bonchev–Trinajstić information content (AvgIpc) is 2.32. The first-order chi connectivity index (χ1) is 7.68. The van der Waals surface area contributed by atoms with Gasteiger partial charge in [0.1, 0.15) is 0 Å². The number of hydrogen-bond donors (Lipinski definition) is 0. The fourth-order valence-corrected chi connectivity index (χ4v) is 3.24. The van der Waals surface area contributed by atoms with E-state index in [0.717, 1.165) is 33.7 Å². The minimum atomic E-state index is 0.104. The zero-order valence-electron chi connectivity index (χ0n) is 8.58. The van der Waals surface area contributed by atoms with Gasteiger partial charge in [-0.05, 0) is 40.8 Å². The summed E-state index contributed by atoms with van der Waals surface area (Å²) in [5.41, 5.74) is 0.722. The molecular formula is C11H11ClINOS. The summed E-state index contributed by atoms with van der Waals surface area (Å²) in [6, 6.07) is 5.45. The van der Waals surface area contributed by atoms with Crippen molar-refractivity contribution in [1.82, 2.24) is 4.90 Å². The number of rotatable bonds is 1. The highest BCUT2D eigenvalue weighted by molar-refractivity contribution is 14.1. The van der Waals surface area contributed by atoms with Crippen LogP contribution >= 0.6 is 46.0 Å². The number of nitrogens with zero attached hydrogens (tertiary/aromatic N) is 1. The first kappa shape index (κ1) is 12.5. The molecule has 0 aliphatic carbocycles. The Hall–Kier alpha value is 0.0600. The van der Waals surface area contributed by atoms with Crippen LogP contribution in [0, 0.1) is 3.57 Å². The van der Waals surface area contributed by atoms with Gasteiger partial charge < -0.3 is 4.90 Å². The summed E-state index contributed by atoms with van der Waals surface area (Å²) >= 11 is 10.00. The van der Waals surface area contributed by atoms with Gasteiger partial charge in [0, 0.05) is 33.2 Å². The third kappa shape index (κ3) is 2.84. The third-order valence-corrected chi connectivity index (χ3v) is 4.58. The summed E-state index contributed by atoms with van der Waals surface area (Å²) < 4.78 is 0.963. The lowest BCUT2D eigenvalue weighted by molar-refractivity contribution is 0.0771. The monoisotopic (exact) mass is 367 g/mol.